The van der Waals surface area contributed by atoms with Crippen molar-refractivity contribution in [2.24, 2.45) is 0 Å². The smallest absolute Gasteiger partial charge is 0.338 e. The van der Waals surface area contributed by atoms with Crippen molar-refractivity contribution in [3.05, 3.63) is 89.0 Å². The van der Waals surface area contributed by atoms with Crippen LogP contribution in [0, 0.1) is 20.8 Å². The minimum Gasteiger partial charge on any atom is -0.457 e. The van der Waals surface area contributed by atoms with Crippen molar-refractivity contribution < 1.29 is 23.9 Å². The van der Waals surface area contributed by atoms with Crippen LogP contribution in [0.5, 0.6) is 11.5 Å². The van der Waals surface area contributed by atoms with Crippen LogP contribution >= 0.6 is 0 Å². The summed E-state index contributed by atoms with van der Waals surface area (Å²) in [6.45, 7) is 5.09. The summed E-state index contributed by atoms with van der Waals surface area (Å²) in [6, 6.07) is 19.6. The number of nitrogens with one attached hydrogen (secondary N) is 2. The highest BCUT2D eigenvalue weighted by Crippen LogP contribution is 2.22. The summed E-state index contributed by atoms with van der Waals surface area (Å²) in [7, 11) is 0. The van der Waals surface area contributed by atoms with Gasteiger partial charge in [0.1, 0.15) is 11.5 Å². The molecule has 170 valence electrons. The van der Waals surface area contributed by atoms with E-state index in [1.165, 1.54) is 0 Å². The molecule has 3 aromatic carbocycles. The third-order valence-electron chi connectivity index (χ3n) is 4.79. The third-order valence-corrected chi connectivity index (χ3v) is 4.79. The lowest BCUT2D eigenvalue weighted by molar-refractivity contribution is -0.126. The van der Waals surface area contributed by atoms with Crippen LogP contribution in [0.1, 0.15) is 27.0 Å². The first-order valence-corrected chi connectivity index (χ1v) is 10.5. The van der Waals surface area contributed by atoms with Crippen molar-refractivity contribution in [2.75, 3.05) is 18.5 Å². The maximum absolute atomic E-state index is 12.2. The Kier molecular flexibility index (Phi) is 7.81. The number of benzene rings is 3. The van der Waals surface area contributed by atoms with E-state index in [4.69, 9.17) is 9.47 Å². The number of amides is 2. The minimum absolute atomic E-state index is 0.228. The molecule has 0 radical (unpaired) electrons. The SMILES string of the molecule is Cc1cc(C)c(NC(=O)CNC(=O)COC(=O)c2ccc(Oc3ccccc3)cc2)c(C)c1. The van der Waals surface area contributed by atoms with Crippen molar-refractivity contribution >= 4 is 23.5 Å². The van der Waals surface area contributed by atoms with E-state index in [0.29, 0.717) is 11.5 Å². The van der Waals surface area contributed by atoms with E-state index in [-0.39, 0.29) is 18.0 Å². The van der Waals surface area contributed by atoms with Crippen molar-refractivity contribution in [1.82, 2.24) is 5.32 Å². The van der Waals surface area contributed by atoms with Gasteiger partial charge in [0.05, 0.1) is 12.1 Å². The van der Waals surface area contributed by atoms with Gasteiger partial charge in [-0.1, -0.05) is 35.9 Å². The topological polar surface area (TPSA) is 93.7 Å². The van der Waals surface area contributed by atoms with Gasteiger partial charge in [0.25, 0.3) is 5.91 Å². The summed E-state index contributed by atoms with van der Waals surface area (Å²) >= 11 is 0. The molecule has 3 aromatic rings. The van der Waals surface area contributed by atoms with Crippen LogP contribution in [0.3, 0.4) is 0 Å². The molecule has 0 saturated heterocycles. The number of para-hydroxylation sites is 1. The van der Waals surface area contributed by atoms with Gasteiger partial charge in [-0.3, -0.25) is 9.59 Å². The van der Waals surface area contributed by atoms with Gasteiger partial charge >= 0.3 is 5.97 Å². The number of hydrogen-bond acceptors (Lipinski definition) is 5. The van der Waals surface area contributed by atoms with Gasteiger partial charge in [0, 0.05) is 5.69 Å². The number of carbonyl (C=O) groups excluding carboxylic acids is 3. The van der Waals surface area contributed by atoms with Gasteiger partial charge in [-0.05, 0) is 68.3 Å². The second-order valence-electron chi connectivity index (χ2n) is 7.61. The molecule has 0 aliphatic carbocycles. The first-order chi connectivity index (χ1) is 15.8. The molecule has 0 aliphatic rings. The molecule has 0 heterocycles. The van der Waals surface area contributed by atoms with E-state index in [2.05, 4.69) is 10.6 Å². The highest BCUT2D eigenvalue weighted by molar-refractivity contribution is 5.96. The summed E-state index contributed by atoms with van der Waals surface area (Å²) in [6.07, 6.45) is 0. The number of carbonyl (C=O) groups is 3. The summed E-state index contributed by atoms with van der Waals surface area (Å²) in [5.74, 6) is -0.327. The normalized spacial score (nSPS) is 10.3. The van der Waals surface area contributed by atoms with E-state index in [9.17, 15) is 14.4 Å². The number of ether oxygens (including phenoxy) is 2. The molecule has 0 fully saturated rings. The highest BCUT2D eigenvalue weighted by Gasteiger charge is 2.13. The molecule has 0 aliphatic heterocycles. The Morgan fingerprint density at radius 2 is 1.39 bits per heavy atom. The van der Waals surface area contributed by atoms with Crippen molar-refractivity contribution in [3.63, 3.8) is 0 Å². The molecule has 0 spiro atoms. The van der Waals surface area contributed by atoms with Crippen LogP contribution < -0.4 is 15.4 Å². The molecule has 0 saturated carbocycles. The first kappa shape index (κ1) is 23.5. The summed E-state index contributed by atoms with van der Waals surface area (Å²) < 4.78 is 10.7. The Bertz CT molecular complexity index is 1120. The Morgan fingerprint density at radius 3 is 2.03 bits per heavy atom. The van der Waals surface area contributed by atoms with Crippen molar-refractivity contribution in [3.8, 4) is 11.5 Å². The number of aryl methyl sites for hydroxylation is 3. The van der Waals surface area contributed by atoms with E-state index in [1.54, 1.807) is 24.3 Å². The molecule has 0 aromatic heterocycles. The van der Waals surface area contributed by atoms with Crippen LogP contribution in [0.25, 0.3) is 0 Å². The Morgan fingerprint density at radius 1 is 0.788 bits per heavy atom. The molecule has 33 heavy (non-hydrogen) atoms. The van der Waals surface area contributed by atoms with E-state index < -0.39 is 18.5 Å². The molecule has 0 atom stereocenters. The van der Waals surface area contributed by atoms with Gasteiger partial charge in [-0.2, -0.15) is 0 Å². The molecule has 2 amide bonds. The van der Waals surface area contributed by atoms with Crippen LogP contribution in [-0.4, -0.2) is 30.9 Å². The summed E-state index contributed by atoms with van der Waals surface area (Å²) in [4.78, 5) is 36.3. The molecule has 3 rings (SSSR count). The maximum Gasteiger partial charge on any atom is 0.338 e. The summed E-state index contributed by atoms with van der Waals surface area (Å²) in [5, 5.41) is 5.25. The van der Waals surface area contributed by atoms with Crippen LogP contribution in [0.2, 0.25) is 0 Å². The second kappa shape index (κ2) is 10.9. The van der Waals surface area contributed by atoms with Crippen LogP contribution in [-0.2, 0) is 14.3 Å². The van der Waals surface area contributed by atoms with Gasteiger partial charge in [-0.25, -0.2) is 4.79 Å². The predicted octanol–water partition coefficient (Wildman–Crippen LogP) is 4.32. The number of anilines is 1. The van der Waals surface area contributed by atoms with Crippen molar-refractivity contribution in [1.29, 1.82) is 0 Å². The fourth-order valence-corrected chi connectivity index (χ4v) is 3.29. The Labute approximate surface area is 192 Å². The average Bonchev–Trinajstić information content (AvgIpc) is 2.79. The number of rotatable bonds is 8. The standard InChI is InChI=1S/C26H26N2O5/c1-17-13-18(2)25(19(3)14-17)28-23(29)15-27-24(30)16-32-26(31)20-9-11-22(12-10-20)33-21-7-5-4-6-8-21/h4-14H,15-16H2,1-3H3,(H,27,30)(H,28,29). The highest BCUT2D eigenvalue weighted by atomic mass is 16.5. The fraction of sp³-hybridized carbons (Fsp3) is 0.192. The fourth-order valence-electron chi connectivity index (χ4n) is 3.29. The van der Waals surface area contributed by atoms with Gasteiger partial charge in [0.2, 0.25) is 5.91 Å². The Hall–Kier alpha value is -4.13. The minimum atomic E-state index is -0.647. The predicted molar refractivity (Wildman–Crippen MR) is 126 cm³/mol. The zero-order valence-corrected chi connectivity index (χ0v) is 18.8. The zero-order chi connectivity index (χ0) is 23.8. The Balaban J connectivity index is 1.43. The number of esters is 1. The molecule has 0 bridgehead atoms. The third kappa shape index (κ3) is 6.93. The zero-order valence-electron chi connectivity index (χ0n) is 18.8. The van der Waals surface area contributed by atoms with E-state index in [1.807, 2.05) is 63.2 Å². The largest absolute Gasteiger partial charge is 0.457 e. The van der Waals surface area contributed by atoms with E-state index in [0.717, 1.165) is 22.4 Å². The molecular weight excluding hydrogens is 420 g/mol. The lowest BCUT2D eigenvalue weighted by Crippen LogP contribution is -2.35. The maximum atomic E-state index is 12.2. The number of hydrogen-bond donors (Lipinski definition) is 2. The lowest BCUT2D eigenvalue weighted by Gasteiger charge is -2.13. The first-order valence-electron chi connectivity index (χ1n) is 10.5. The molecule has 0 unspecified atom stereocenters. The lowest BCUT2D eigenvalue weighted by atomic mass is 10.1. The van der Waals surface area contributed by atoms with Crippen molar-refractivity contribution in [2.45, 2.75) is 20.8 Å². The second-order valence-corrected chi connectivity index (χ2v) is 7.61. The molecule has 7 heteroatoms. The van der Waals surface area contributed by atoms with E-state index >= 15 is 0 Å². The molecular formula is C26H26N2O5. The van der Waals surface area contributed by atoms with Crippen LogP contribution in [0.4, 0.5) is 5.69 Å². The summed E-state index contributed by atoms with van der Waals surface area (Å²) in [5.41, 5.74) is 4.01. The monoisotopic (exact) mass is 446 g/mol. The van der Waals surface area contributed by atoms with Gasteiger partial charge < -0.3 is 20.1 Å². The molecule has 2 N–H and O–H groups in total. The average molecular weight is 447 g/mol. The quantitative estimate of drug-likeness (QED) is 0.503. The van der Waals surface area contributed by atoms with Crippen LogP contribution in [0.15, 0.2) is 66.7 Å². The van der Waals surface area contributed by atoms with Gasteiger partial charge in [0.15, 0.2) is 6.61 Å². The van der Waals surface area contributed by atoms with Gasteiger partial charge in [-0.15, -0.1) is 0 Å². The molecule has 7 nitrogen and oxygen atoms in total.